The fourth-order valence-electron chi connectivity index (χ4n) is 0.509. The van der Waals surface area contributed by atoms with Crippen molar-refractivity contribution in [1.29, 1.82) is 0 Å². The van der Waals surface area contributed by atoms with Gasteiger partial charge in [0.15, 0.2) is 0 Å². The van der Waals surface area contributed by atoms with E-state index in [4.69, 9.17) is 11.8 Å². The van der Waals surface area contributed by atoms with Crippen LogP contribution in [-0.4, -0.2) is 37.5 Å². The average Bonchev–Trinajstić information content (AvgIpc) is 1.85. The van der Waals surface area contributed by atoms with Crippen molar-refractivity contribution in [1.82, 2.24) is 13.9 Å². The Morgan fingerprint density at radius 2 is 1.50 bits per heavy atom. The Morgan fingerprint density at radius 3 is 1.50 bits per heavy atom. The van der Waals surface area contributed by atoms with Crippen LogP contribution in [-0.2, 0) is 4.57 Å². The zero-order valence-corrected chi connectivity index (χ0v) is 8.28. The Labute approximate surface area is 66.8 Å². The minimum Gasteiger partial charge on any atom is -0.269 e. The van der Waals surface area contributed by atoms with Gasteiger partial charge in [-0.3, -0.25) is 4.57 Å². The lowest BCUT2D eigenvalue weighted by molar-refractivity contribution is 0.444. The standard InChI is InChI=1S/C4H13ClN3OP/c1-7(2)10(9,6-5)8(3)4/h1-4H3,(H,6,9). The maximum Gasteiger partial charge on any atom is 0.296 e. The van der Waals surface area contributed by atoms with Gasteiger partial charge in [0.1, 0.15) is 0 Å². The first-order chi connectivity index (χ1) is 4.45. The molecule has 1 N–H and O–H groups in total. The Kier molecular flexibility index (Phi) is 3.84. The van der Waals surface area contributed by atoms with Gasteiger partial charge < -0.3 is 0 Å². The lowest BCUT2D eigenvalue weighted by Crippen LogP contribution is -2.26. The number of hydrogen-bond donors (Lipinski definition) is 1. The van der Waals surface area contributed by atoms with Crippen LogP contribution in [0.2, 0.25) is 0 Å². The van der Waals surface area contributed by atoms with E-state index in [0.717, 1.165) is 0 Å². The van der Waals surface area contributed by atoms with E-state index in [1.807, 2.05) is 0 Å². The lowest BCUT2D eigenvalue weighted by Gasteiger charge is -2.27. The van der Waals surface area contributed by atoms with Crippen LogP contribution in [0.5, 0.6) is 0 Å². The summed E-state index contributed by atoms with van der Waals surface area (Å²) in [5.74, 6) is 0. The van der Waals surface area contributed by atoms with Crippen molar-refractivity contribution in [3.8, 4) is 0 Å². The molecule has 0 aliphatic heterocycles. The molecule has 0 heterocycles. The minimum atomic E-state index is -2.66. The second-order valence-corrected chi connectivity index (χ2v) is 5.69. The van der Waals surface area contributed by atoms with E-state index < -0.39 is 7.59 Å². The van der Waals surface area contributed by atoms with Gasteiger partial charge in [-0.25, -0.2) is 9.34 Å². The maximum atomic E-state index is 11.6. The lowest BCUT2D eigenvalue weighted by atomic mass is 11.3. The SMILES string of the molecule is CN(C)P(=O)(NCl)N(C)C. The van der Waals surface area contributed by atoms with Gasteiger partial charge in [0.05, 0.1) is 0 Å². The van der Waals surface area contributed by atoms with E-state index in [2.05, 4.69) is 4.61 Å². The van der Waals surface area contributed by atoms with Crippen LogP contribution in [0.1, 0.15) is 0 Å². The van der Waals surface area contributed by atoms with Crippen LogP contribution in [0.4, 0.5) is 0 Å². The summed E-state index contributed by atoms with van der Waals surface area (Å²) in [6.45, 7) is 0. The molecule has 0 aromatic heterocycles. The molecule has 0 aliphatic rings. The van der Waals surface area contributed by atoms with Gasteiger partial charge in [-0.1, -0.05) is 0 Å². The van der Waals surface area contributed by atoms with Gasteiger partial charge in [0.2, 0.25) is 0 Å². The molecule has 0 aliphatic carbocycles. The normalized spacial score (nSPS) is 13.1. The van der Waals surface area contributed by atoms with Crippen LogP contribution in [0, 0.1) is 0 Å². The summed E-state index contributed by atoms with van der Waals surface area (Å²) >= 11 is 5.30. The van der Waals surface area contributed by atoms with Crippen LogP contribution >= 0.6 is 19.4 Å². The highest BCUT2D eigenvalue weighted by Gasteiger charge is 2.26. The van der Waals surface area contributed by atoms with E-state index in [-0.39, 0.29) is 0 Å². The maximum absolute atomic E-state index is 11.6. The summed E-state index contributed by atoms with van der Waals surface area (Å²) in [4.78, 5) is 0. The molecule has 0 saturated heterocycles. The van der Waals surface area contributed by atoms with Gasteiger partial charge in [-0.2, -0.15) is 4.61 Å². The average molecular weight is 186 g/mol. The van der Waals surface area contributed by atoms with Crippen molar-refractivity contribution in [2.45, 2.75) is 0 Å². The molecule has 10 heavy (non-hydrogen) atoms. The summed E-state index contributed by atoms with van der Waals surface area (Å²) in [6.07, 6.45) is 0. The summed E-state index contributed by atoms with van der Waals surface area (Å²) in [5, 5.41) is 0. The quantitative estimate of drug-likeness (QED) is 0.525. The molecule has 0 aromatic rings. The molecule has 4 nitrogen and oxygen atoms in total. The summed E-state index contributed by atoms with van der Waals surface area (Å²) in [7, 11) is 4.16. The molecule has 0 saturated carbocycles. The third-order valence-electron chi connectivity index (χ3n) is 1.19. The molecule has 0 unspecified atom stereocenters. The number of rotatable bonds is 3. The highest BCUT2D eigenvalue weighted by Crippen LogP contribution is 2.45. The third kappa shape index (κ3) is 1.94. The monoisotopic (exact) mass is 185 g/mol. The third-order valence-corrected chi connectivity index (χ3v) is 4.24. The van der Waals surface area contributed by atoms with Crippen molar-refractivity contribution in [3.63, 3.8) is 0 Å². The number of hydrogen-bond acceptors (Lipinski definition) is 1. The Bertz CT molecular complexity index is 137. The summed E-state index contributed by atoms with van der Waals surface area (Å²) in [5.41, 5.74) is 0. The number of halogens is 1. The van der Waals surface area contributed by atoms with Crippen LogP contribution < -0.4 is 4.61 Å². The van der Waals surface area contributed by atoms with Crippen molar-refractivity contribution >= 4 is 19.4 Å². The Balaban J connectivity index is 4.40. The molecular formula is C4H13ClN3OP. The molecule has 0 fully saturated rings. The fourth-order valence-corrected chi connectivity index (χ4v) is 2.43. The second-order valence-electron chi connectivity index (χ2n) is 2.32. The predicted octanol–water partition coefficient (Wildman–Crippen LogP) is 0.961. The van der Waals surface area contributed by atoms with Crippen LogP contribution in [0.3, 0.4) is 0 Å². The molecular weight excluding hydrogens is 172 g/mol. The van der Waals surface area contributed by atoms with E-state index in [1.165, 1.54) is 0 Å². The van der Waals surface area contributed by atoms with Crippen molar-refractivity contribution in [2.75, 3.05) is 28.2 Å². The van der Waals surface area contributed by atoms with Gasteiger partial charge in [0.25, 0.3) is 7.59 Å². The first kappa shape index (κ1) is 10.4. The van der Waals surface area contributed by atoms with Gasteiger partial charge in [0, 0.05) is 0 Å². The van der Waals surface area contributed by atoms with E-state index in [1.54, 1.807) is 37.5 Å². The smallest absolute Gasteiger partial charge is 0.269 e. The predicted molar refractivity (Wildman–Crippen MR) is 44.0 cm³/mol. The fraction of sp³-hybridized carbons (Fsp3) is 1.00. The van der Waals surface area contributed by atoms with E-state index in [0.29, 0.717) is 0 Å². The molecule has 0 amide bonds. The molecule has 0 atom stereocenters. The highest BCUT2D eigenvalue weighted by molar-refractivity contribution is 7.58. The summed E-state index contributed by atoms with van der Waals surface area (Å²) in [6, 6.07) is 0. The molecule has 0 bridgehead atoms. The first-order valence-corrected chi connectivity index (χ1v) is 4.77. The molecule has 62 valence electrons. The highest BCUT2D eigenvalue weighted by atomic mass is 35.5. The minimum absolute atomic E-state index is 1.56. The topological polar surface area (TPSA) is 35.6 Å². The van der Waals surface area contributed by atoms with Crippen molar-refractivity contribution < 1.29 is 4.57 Å². The van der Waals surface area contributed by atoms with E-state index >= 15 is 0 Å². The largest absolute Gasteiger partial charge is 0.296 e. The zero-order chi connectivity index (χ0) is 8.36. The Hall–Kier alpha value is 0.400. The molecule has 0 spiro atoms. The second kappa shape index (κ2) is 3.69. The number of nitrogens with zero attached hydrogens (tertiary/aromatic N) is 2. The van der Waals surface area contributed by atoms with E-state index in [9.17, 15) is 4.57 Å². The van der Waals surface area contributed by atoms with Gasteiger partial charge in [-0.05, 0) is 40.0 Å². The van der Waals surface area contributed by atoms with Crippen LogP contribution in [0.25, 0.3) is 0 Å². The van der Waals surface area contributed by atoms with Gasteiger partial charge >= 0.3 is 0 Å². The van der Waals surface area contributed by atoms with Crippen LogP contribution in [0.15, 0.2) is 0 Å². The summed E-state index contributed by atoms with van der Waals surface area (Å²) < 4.78 is 17.0. The Morgan fingerprint density at radius 1 is 1.20 bits per heavy atom. The van der Waals surface area contributed by atoms with Crippen molar-refractivity contribution in [3.05, 3.63) is 0 Å². The molecule has 6 heteroatoms. The molecule has 0 radical (unpaired) electrons. The zero-order valence-electron chi connectivity index (χ0n) is 6.63. The first-order valence-electron chi connectivity index (χ1n) is 2.78. The van der Waals surface area contributed by atoms with Gasteiger partial charge in [-0.15, -0.1) is 0 Å². The van der Waals surface area contributed by atoms with Crippen molar-refractivity contribution in [2.24, 2.45) is 0 Å². The number of nitrogens with one attached hydrogen (secondary N) is 1. The molecule has 0 rings (SSSR count). The molecule has 0 aromatic carbocycles.